The van der Waals surface area contributed by atoms with Crippen LogP contribution in [0, 0.1) is 0 Å². The first-order chi connectivity index (χ1) is 19.1. The molecule has 0 spiro atoms. The second-order valence-corrected chi connectivity index (χ2v) is 9.10. The fraction of sp³-hybridized carbons (Fsp3) is 0.156. The third-order valence-electron chi connectivity index (χ3n) is 6.66. The highest BCUT2D eigenvalue weighted by Gasteiger charge is 2.57. The lowest BCUT2D eigenvalue weighted by Gasteiger charge is -2.47. The monoisotopic (exact) mass is 520 g/mol. The average Bonchev–Trinajstić information content (AvgIpc) is 3.30. The number of rotatable bonds is 7. The van der Waals surface area contributed by atoms with Crippen LogP contribution in [0.1, 0.15) is 12.5 Å². The molecule has 0 unspecified atom stereocenters. The van der Waals surface area contributed by atoms with Gasteiger partial charge in [0.05, 0.1) is 12.1 Å². The first-order valence-corrected chi connectivity index (χ1v) is 12.8. The number of nitrogens with zero attached hydrogens (tertiary/aromatic N) is 2. The molecule has 3 aromatic rings. The van der Waals surface area contributed by atoms with Crippen LogP contribution in [0.3, 0.4) is 0 Å². The summed E-state index contributed by atoms with van der Waals surface area (Å²) in [4.78, 5) is 41.8. The zero-order valence-corrected chi connectivity index (χ0v) is 21.4. The number of β-lactam (4-membered cyclic amide) rings is 1. The lowest BCUT2D eigenvalue weighted by Crippen LogP contribution is -2.72. The molecule has 0 radical (unpaired) electrons. The van der Waals surface area contributed by atoms with Gasteiger partial charge in [0, 0.05) is 0 Å². The van der Waals surface area contributed by atoms with Crippen LogP contribution in [0.15, 0.2) is 115 Å². The van der Waals surface area contributed by atoms with Crippen molar-refractivity contribution in [1.29, 1.82) is 0 Å². The number of carbonyl (C=O) groups excluding carboxylic acids is 3. The number of para-hydroxylation sites is 1. The molecule has 5 rings (SSSR count). The molecule has 0 bridgehead atoms. The van der Waals surface area contributed by atoms with E-state index in [4.69, 9.17) is 9.47 Å². The summed E-state index contributed by atoms with van der Waals surface area (Å²) in [6, 6.07) is 20.4. The van der Waals surface area contributed by atoms with E-state index in [1.807, 2.05) is 91.9 Å². The molecule has 2 saturated heterocycles. The molecule has 3 atom stereocenters. The van der Waals surface area contributed by atoms with Crippen molar-refractivity contribution in [3.05, 3.63) is 121 Å². The summed E-state index contributed by atoms with van der Waals surface area (Å²) in [5, 5.41) is 2.10. The SMILES string of the molecule is C\C=C/C=C\C=C\[C@H]1COC(=O)N1[C@H]1C(=O)N(C(=O)Oc2ccccc2)[C@@H]1/C=C/c1cccc2ccccc12. The zero-order chi connectivity index (χ0) is 27.2. The molecular weight excluding hydrogens is 492 g/mol. The van der Waals surface area contributed by atoms with E-state index >= 15 is 0 Å². The van der Waals surface area contributed by atoms with Crippen LogP contribution >= 0.6 is 0 Å². The molecule has 2 aliphatic heterocycles. The van der Waals surface area contributed by atoms with E-state index in [0.717, 1.165) is 21.2 Å². The second-order valence-electron chi connectivity index (χ2n) is 9.10. The van der Waals surface area contributed by atoms with Crippen LogP contribution in [0.4, 0.5) is 9.59 Å². The van der Waals surface area contributed by atoms with Gasteiger partial charge in [0.15, 0.2) is 0 Å². The Morgan fingerprint density at radius 3 is 2.46 bits per heavy atom. The molecule has 2 heterocycles. The van der Waals surface area contributed by atoms with Crippen molar-refractivity contribution in [2.24, 2.45) is 0 Å². The van der Waals surface area contributed by atoms with Crippen molar-refractivity contribution in [2.45, 2.75) is 25.0 Å². The van der Waals surface area contributed by atoms with Crippen molar-refractivity contribution < 1.29 is 23.9 Å². The van der Waals surface area contributed by atoms with E-state index in [-0.39, 0.29) is 6.61 Å². The quantitative estimate of drug-likeness (QED) is 0.276. The van der Waals surface area contributed by atoms with Crippen molar-refractivity contribution in [1.82, 2.24) is 9.80 Å². The maximum Gasteiger partial charge on any atom is 0.422 e. The lowest BCUT2D eigenvalue weighted by atomic mass is 9.91. The summed E-state index contributed by atoms with van der Waals surface area (Å²) in [7, 11) is 0. The van der Waals surface area contributed by atoms with Crippen molar-refractivity contribution >= 4 is 34.9 Å². The minimum Gasteiger partial charge on any atom is -0.447 e. The number of hydrogen-bond donors (Lipinski definition) is 0. The van der Waals surface area contributed by atoms with Crippen LogP contribution in [0.25, 0.3) is 16.8 Å². The predicted molar refractivity (Wildman–Crippen MR) is 150 cm³/mol. The molecule has 0 aromatic heterocycles. The summed E-state index contributed by atoms with van der Waals surface area (Å²) in [5.41, 5.74) is 0.928. The Labute approximate surface area is 226 Å². The van der Waals surface area contributed by atoms with Gasteiger partial charge in [-0.3, -0.25) is 9.69 Å². The van der Waals surface area contributed by atoms with Crippen molar-refractivity contribution in [2.75, 3.05) is 6.61 Å². The molecule has 0 aliphatic carbocycles. The van der Waals surface area contributed by atoms with Crippen LogP contribution in [-0.4, -0.2) is 52.6 Å². The van der Waals surface area contributed by atoms with Crippen LogP contribution in [-0.2, 0) is 9.53 Å². The van der Waals surface area contributed by atoms with E-state index in [1.165, 1.54) is 4.90 Å². The van der Waals surface area contributed by atoms with Gasteiger partial charge in [0.25, 0.3) is 5.91 Å². The minimum atomic E-state index is -0.913. The third-order valence-corrected chi connectivity index (χ3v) is 6.66. The Bertz CT molecular complexity index is 1490. The Morgan fingerprint density at radius 1 is 0.897 bits per heavy atom. The number of likely N-dealkylation sites (tertiary alicyclic amines) is 1. The number of carbonyl (C=O) groups is 3. The number of benzene rings is 3. The molecule has 0 saturated carbocycles. The van der Waals surface area contributed by atoms with Gasteiger partial charge in [-0.1, -0.05) is 109 Å². The van der Waals surface area contributed by atoms with Gasteiger partial charge >= 0.3 is 12.2 Å². The number of cyclic esters (lactones) is 1. The minimum absolute atomic E-state index is 0.116. The standard InChI is InChI=1S/C32H28N2O5/c1-2-3-4-5-7-16-25-22-38-31(36)33(25)29-28(21-20-24-15-12-14-23-13-10-11-19-27(23)24)34(30(29)35)32(37)39-26-17-8-6-9-18-26/h2-21,25,28-29H,22H2,1H3/b3-2-,5-4-,16-7+,21-20+/t25-,28+,29+/m0/s1. The molecule has 7 nitrogen and oxygen atoms in total. The average molecular weight is 521 g/mol. The van der Waals surface area contributed by atoms with E-state index in [2.05, 4.69) is 0 Å². The highest BCUT2D eigenvalue weighted by molar-refractivity contribution is 6.04. The number of imide groups is 1. The maximum atomic E-state index is 13.4. The summed E-state index contributed by atoms with van der Waals surface area (Å²) >= 11 is 0. The Morgan fingerprint density at radius 2 is 1.64 bits per heavy atom. The Kier molecular flexibility index (Phi) is 7.68. The molecule has 3 amide bonds. The van der Waals surface area contributed by atoms with Crippen molar-refractivity contribution in [3.63, 3.8) is 0 Å². The summed E-state index contributed by atoms with van der Waals surface area (Å²) in [5.74, 6) is -0.199. The molecule has 7 heteroatoms. The van der Waals surface area contributed by atoms with Crippen LogP contribution in [0.5, 0.6) is 5.75 Å². The van der Waals surface area contributed by atoms with E-state index in [9.17, 15) is 14.4 Å². The van der Waals surface area contributed by atoms with Gasteiger partial charge in [-0.05, 0) is 35.4 Å². The largest absolute Gasteiger partial charge is 0.447 e. The van der Waals surface area contributed by atoms with Gasteiger partial charge in [0.1, 0.15) is 18.4 Å². The molecule has 2 fully saturated rings. The molecule has 39 heavy (non-hydrogen) atoms. The smallest absolute Gasteiger partial charge is 0.422 e. The first kappa shape index (κ1) is 25.7. The molecular formula is C32H28N2O5. The van der Waals surface area contributed by atoms with E-state index < -0.39 is 36.2 Å². The summed E-state index contributed by atoms with van der Waals surface area (Å²) < 4.78 is 10.8. The molecule has 196 valence electrons. The summed E-state index contributed by atoms with van der Waals surface area (Å²) in [6.45, 7) is 2.03. The number of amides is 3. The van der Waals surface area contributed by atoms with Gasteiger partial charge in [-0.2, -0.15) is 0 Å². The van der Waals surface area contributed by atoms with Crippen LogP contribution in [0.2, 0.25) is 0 Å². The summed E-state index contributed by atoms with van der Waals surface area (Å²) in [6.07, 6.45) is 13.4. The fourth-order valence-electron chi connectivity index (χ4n) is 4.76. The highest BCUT2D eigenvalue weighted by Crippen LogP contribution is 2.33. The maximum absolute atomic E-state index is 13.4. The van der Waals surface area contributed by atoms with Gasteiger partial charge in [0.2, 0.25) is 0 Å². The molecule has 2 aliphatic rings. The first-order valence-electron chi connectivity index (χ1n) is 12.8. The highest BCUT2D eigenvalue weighted by atomic mass is 16.6. The number of hydrogen-bond acceptors (Lipinski definition) is 5. The fourth-order valence-corrected chi connectivity index (χ4v) is 4.76. The zero-order valence-electron chi connectivity index (χ0n) is 21.4. The normalized spacial score (nSPS) is 21.5. The topological polar surface area (TPSA) is 76.2 Å². The van der Waals surface area contributed by atoms with E-state index in [1.54, 1.807) is 36.4 Å². The van der Waals surface area contributed by atoms with E-state index in [0.29, 0.717) is 5.75 Å². The second kappa shape index (κ2) is 11.6. The molecule has 0 N–H and O–H groups in total. The van der Waals surface area contributed by atoms with Crippen LogP contribution < -0.4 is 4.74 Å². The third kappa shape index (κ3) is 5.38. The van der Waals surface area contributed by atoms with Gasteiger partial charge in [-0.25, -0.2) is 14.5 Å². The number of fused-ring (bicyclic) bond motifs is 1. The Balaban J connectivity index is 1.46. The van der Waals surface area contributed by atoms with Crippen molar-refractivity contribution in [3.8, 4) is 5.75 Å². The lowest BCUT2D eigenvalue weighted by molar-refractivity contribution is -0.149. The van der Waals surface area contributed by atoms with Gasteiger partial charge in [-0.15, -0.1) is 0 Å². The van der Waals surface area contributed by atoms with Gasteiger partial charge < -0.3 is 9.47 Å². The predicted octanol–water partition coefficient (Wildman–Crippen LogP) is 6.14. The Hall–Kier alpha value is -4.91. The number of ether oxygens (including phenoxy) is 2. The molecule has 3 aromatic carbocycles. The number of allylic oxidation sites excluding steroid dienone is 5.